The lowest BCUT2D eigenvalue weighted by Crippen LogP contribution is -2.32. The van der Waals surface area contributed by atoms with Gasteiger partial charge in [-0.1, -0.05) is 31.9 Å². The fourth-order valence-electron chi connectivity index (χ4n) is 6.29. The van der Waals surface area contributed by atoms with E-state index < -0.39 is 11.8 Å². The number of anilines is 2. The standard InChI is InChI=1S/C17H23BrF2N2O2.C17H21BrF2N2O.2H2S/c1-11(10-24-2)21-15-9-13(18)3-4-14(15)22-16(23)12-5-7-17(19,20)8-6-12;1-11(10-23-2)22-15-9-13(18)3-4-14(15)21-16(22)12-5-7-17(19,20)8-6-12;;/h3-4,9,11-12,21H,5-8,10H2,1-2H3,(H,22,23);3-4,9,11-12H,5-8,10H2,1-2H3;2*1H2/t2*11-;;/m00../s1. The number of alkyl halides is 4. The Morgan fingerprint density at radius 3 is 2.02 bits per heavy atom. The van der Waals surface area contributed by atoms with E-state index in [1.807, 2.05) is 37.3 Å². The van der Waals surface area contributed by atoms with Gasteiger partial charge in [-0.2, -0.15) is 27.0 Å². The van der Waals surface area contributed by atoms with Crippen LogP contribution in [0.25, 0.3) is 11.0 Å². The molecule has 0 radical (unpaired) electrons. The number of rotatable bonds is 10. The number of hydrogen-bond donors (Lipinski definition) is 2. The van der Waals surface area contributed by atoms with Crippen molar-refractivity contribution < 1.29 is 31.8 Å². The Bertz CT molecular complexity index is 1500. The first-order valence-electron chi connectivity index (χ1n) is 16.0. The average molecular weight is 861 g/mol. The van der Waals surface area contributed by atoms with Crippen LogP contribution >= 0.6 is 58.9 Å². The van der Waals surface area contributed by atoms with E-state index in [2.05, 4.69) is 54.0 Å². The summed E-state index contributed by atoms with van der Waals surface area (Å²) in [6.07, 6.45) is 0.861. The highest BCUT2D eigenvalue weighted by atomic mass is 79.9. The van der Waals surface area contributed by atoms with E-state index in [1.165, 1.54) is 0 Å². The second kappa shape index (κ2) is 19.4. The van der Waals surface area contributed by atoms with Gasteiger partial charge in [0.15, 0.2) is 0 Å². The molecule has 0 spiro atoms. The number of aromatic nitrogens is 2. The molecule has 1 amide bonds. The Labute approximate surface area is 317 Å². The Balaban J connectivity index is 0.000000327. The SMILES string of the molecule is COC[C@H](C)Nc1cc(Br)ccc1NC(=O)C1CCC(F)(F)CC1.COC[C@H](C)n1c(C2CCC(F)(F)CC2)nc2ccc(Br)cc21.S.S. The van der Waals surface area contributed by atoms with Crippen molar-refractivity contribution >= 4 is 87.2 Å². The van der Waals surface area contributed by atoms with E-state index >= 15 is 0 Å². The molecule has 2 fully saturated rings. The van der Waals surface area contributed by atoms with Crippen LogP contribution in [0.3, 0.4) is 0 Å². The summed E-state index contributed by atoms with van der Waals surface area (Å²) in [5.41, 5.74) is 3.34. The zero-order chi connectivity index (χ0) is 34.4. The van der Waals surface area contributed by atoms with Crippen molar-refractivity contribution in [3.8, 4) is 0 Å². The number of benzene rings is 2. The molecule has 0 saturated heterocycles. The first kappa shape index (κ1) is 43.6. The third-order valence-electron chi connectivity index (χ3n) is 8.76. The Morgan fingerprint density at radius 2 is 1.43 bits per heavy atom. The van der Waals surface area contributed by atoms with E-state index in [9.17, 15) is 22.4 Å². The highest BCUT2D eigenvalue weighted by molar-refractivity contribution is 9.10. The van der Waals surface area contributed by atoms with Gasteiger partial charge in [0, 0.05) is 66.7 Å². The Hall–Kier alpha value is -1.52. The van der Waals surface area contributed by atoms with Gasteiger partial charge < -0.3 is 24.7 Å². The molecule has 3 aromatic rings. The Kier molecular flexibility index (Phi) is 17.2. The number of carbonyl (C=O) groups is 1. The van der Waals surface area contributed by atoms with Gasteiger partial charge in [-0.15, -0.1) is 0 Å². The predicted molar refractivity (Wildman–Crippen MR) is 206 cm³/mol. The molecule has 1 heterocycles. The molecular formula is C34H48Br2F4N4O3S2. The van der Waals surface area contributed by atoms with Crippen LogP contribution in [-0.2, 0) is 14.3 Å². The van der Waals surface area contributed by atoms with Gasteiger partial charge in [-0.25, -0.2) is 22.5 Å². The minimum absolute atomic E-state index is 0. The van der Waals surface area contributed by atoms with Gasteiger partial charge in [0.05, 0.1) is 41.7 Å². The topological polar surface area (TPSA) is 77.4 Å². The van der Waals surface area contributed by atoms with Crippen LogP contribution in [-0.4, -0.2) is 60.8 Å². The number of carbonyl (C=O) groups excluding carboxylic acids is 1. The van der Waals surface area contributed by atoms with Crippen LogP contribution < -0.4 is 10.6 Å². The molecule has 0 unspecified atom stereocenters. The van der Waals surface area contributed by atoms with Crippen molar-refractivity contribution in [3.05, 3.63) is 51.2 Å². The van der Waals surface area contributed by atoms with Gasteiger partial charge in [-0.3, -0.25) is 4.79 Å². The quantitative estimate of drug-likeness (QED) is 0.199. The van der Waals surface area contributed by atoms with Gasteiger partial charge in [-0.05, 0) is 75.9 Å². The van der Waals surface area contributed by atoms with Gasteiger partial charge in [0.25, 0.3) is 0 Å². The number of hydrogen-bond acceptors (Lipinski definition) is 5. The number of fused-ring (bicyclic) bond motifs is 1. The number of methoxy groups -OCH3 is 2. The summed E-state index contributed by atoms with van der Waals surface area (Å²) >= 11 is 6.92. The lowest BCUT2D eigenvalue weighted by molar-refractivity contribution is -0.124. The highest BCUT2D eigenvalue weighted by Crippen LogP contribution is 2.42. The first-order chi connectivity index (χ1) is 22.2. The van der Waals surface area contributed by atoms with Crippen LogP contribution in [0.1, 0.15) is 83.0 Å². The molecular weight excluding hydrogens is 812 g/mol. The number of imidazole rings is 1. The zero-order valence-electron chi connectivity index (χ0n) is 28.2. The number of halogens is 6. The Morgan fingerprint density at radius 1 is 0.878 bits per heavy atom. The third kappa shape index (κ3) is 12.3. The summed E-state index contributed by atoms with van der Waals surface area (Å²) in [5.74, 6) is -4.71. The van der Waals surface area contributed by atoms with Crippen LogP contribution in [0.2, 0.25) is 0 Å². The summed E-state index contributed by atoms with van der Waals surface area (Å²) in [5, 5.41) is 6.16. The summed E-state index contributed by atoms with van der Waals surface area (Å²) in [6, 6.07) is 11.6. The monoisotopic (exact) mass is 858 g/mol. The van der Waals surface area contributed by atoms with E-state index in [-0.39, 0.29) is 95.3 Å². The van der Waals surface area contributed by atoms with Crippen LogP contribution in [0.15, 0.2) is 45.3 Å². The van der Waals surface area contributed by atoms with E-state index in [0.29, 0.717) is 31.7 Å². The van der Waals surface area contributed by atoms with Crippen molar-refractivity contribution in [2.24, 2.45) is 5.92 Å². The fraction of sp³-hybridized carbons (Fsp3) is 0.588. The molecule has 2 N–H and O–H groups in total. The number of ether oxygens (including phenoxy) is 2. The smallest absolute Gasteiger partial charge is 0.248 e. The highest BCUT2D eigenvalue weighted by Gasteiger charge is 2.38. The number of nitrogens with zero attached hydrogens (tertiary/aromatic N) is 2. The fourth-order valence-corrected chi connectivity index (χ4v) is 7.00. The largest absolute Gasteiger partial charge is 0.383 e. The van der Waals surface area contributed by atoms with Crippen molar-refractivity contribution in [2.75, 3.05) is 38.1 Å². The maximum absolute atomic E-state index is 13.5. The normalized spacial score (nSPS) is 18.7. The number of nitrogens with one attached hydrogen (secondary N) is 2. The minimum atomic E-state index is -2.63. The molecule has 2 saturated carbocycles. The lowest BCUT2D eigenvalue weighted by atomic mass is 9.86. The molecule has 0 aliphatic heterocycles. The van der Waals surface area contributed by atoms with Gasteiger partial charge in [0.2, 0.25) is 17.8 Å². The molecule has 2 aliphatic carbocycles. The summed E-state index contributed by atoms with van der Waals surface area (Å²) < 4.78 is 67.9. The molecule has 1 aromatic heterocycles. The van der Waals surface area contributed by atoms with Gasteiger partial charge >= 0.3 is 0 Å². The summed E-state index contributed by atoms with van der Waals surface area (Å²) in [7, 11) is 3.30. The van der Waals surface area contributed by atoms with Gasteiger partial charge in [0.1, 0.15) is 5.82 Å². The van der Waals surface area contributed by atoms with Crippen molar-refractivity contribution in [1.82, 2.24) is 9.55 Å². The van der Waals surface area contributed by atoms with Crippen LogP contribution in [0, 0.1) is 5.92 Å². The first-order valence-corrected chi connectivity index (χ1v) is 17.6. The van der Waals surface area contributed by atoms with E-state index in [0.717, 1.165) is 31.5 Å². The summed E-state index contributed by atoms with van der Waals surface area (Å²) in [6.45, 7) is 5.14. The van der Waals surface area contributed by atoms with Crippen LogP contribution in [0.5, 0.6) is 0 Å². The summed E-state index contributed by atoms with van der Waals surface area (Å²) in [4.78, 5) is 17.2. The predicted octanol–water partition coefficient (Wildman–Crippen LogP) is 10.2. The zero-order valence-corrected chi connectivity index (χ0v) is 33.4. The number of amides is 1. The van der Waals surface area contributed by atoms with Crippen LogP contribution in [0.4, 0.5) is 28.9 Å². The molecule has 2 aromatic carbocycles. The molecule has 5 rings (SSSR count). The second-order valence-electron chi connectivity index (χ2n) is 12.7. The third-order valence-corrected chi connectivity index (χ3v) is 9.74. The average Bonchev–Trinajstić information content (AvgIpc) is 3.37. The molecule has 2 atom stereocenters. The maximum Gasteiger partial charge on any atom is 0.248 e. The molecule has 7 nitrogen and oxygen atoms in total. The molecule has 276 valence electrons. The van der Waals surface area contributed by atoms with Crippen molar-refractivity contribution in [1.29, 1.82) is 0 Å². The minimum Gasteiger partial charge on any atom is -0.383 e. The molecule has 49 heavy (non-hydrogen) atoms. The van der Waals surface area contributed by atoms with Crippen molar-refractivity contribution in [2.45, 2.75) is 95.1 Å². The van der Waals surface area contributed by atoms with E-state index in [4.69, 9.17) is 14.5 Å². The maximum atomic E-state index is 13.5. The molecule has 0 bridgehead atoms. The lowest BCUT2D eigenvalue weighted by Gasteiger charge is -2.29. The second-order valence-corrected chi connectivity index (χ2v) is 14.5. The molecule has 15 heteroatoms. The van der Waals surface area contributed by atoms with Crippen molar-refractivity contribution in [3.63, 3.8) is 0 Å². The molecule has 2 aliphatic rings. The van der Waals surface area contributed by atoms with E-state index in [1.54, 1.807) is 20.3 Å².